The third kappa shape index (κ3) is 1.45. The largest absolute Gasteiger partial charge is 0.368 e. The maximum Gasteiger partial charge on any atom is 0.220 e. The smallest absolute Gasteiger partial charge is 0.220 e. The van der Waals surface area contributed by atoms with Gasteiger partial charge in [-0.25, -0.2) is 9.97 Å². The van der Waals surface area contributed by atoms with Gasteiger partial charge in [0.25, 0.3) is 0 Å². The molecule has 0 spiro atoms. The Labute approximate surface area is 94.4 Å². The fraction of sp³-hybridized carbons (Fsp3) is 0.231. The van der Waals surface area contributed by atoms with Crippen LogP contribution in [0.4, 0.5) is 5.95 Å². The second-order valence-electron chi connectivity index (χ2n) is 4.11. The minimum atomic E-state index is 0.357. The lowest BCUT2D eigenvalue weighted by Crippen LogP contribution is -1.99. The van der Waals surface area contributed by atoms with Gasteiger partial charge in [0.05, 0.1) is 5.69 Å². The van der Waals surface area contributed by atoms with Crippen molar-refractivity contribution in [1.82, 2.24) is 9.97 Å². The van der Waals surface area contributed by atoms with Crippen LogP contribution in [-0.2, 0) is 12.8 Å². The molecule has 0 radical (unpaired) electrons. The van der Waals surface area contributed by atoms with Crippen molar-refractivity contribution in [3.8, 4) is 11.3 Å². The molecule has 2 N–H and O–H groups in total. The maximum atomic E-state index is 5.67. The predicted molar refractivity (Wildman–Crippen MR) is 63.9 cm³/mol. The zero-order valence-corrected chi connectivity index (χ0v) is 8.98. The fourth-order valence-corrected chi connectivity index (χ4v) is 2.28. The first-order chi connectivity index (χ1) is 7.84. The first kappa shape index (κ1) is 9.33. The highest BCUT2D eigenvalue weighted by atomic mass is 15.0. The number of hydrogen-bond acceptors (Lipinski definition) is 3. The summed E-state index contributed by atoms with van der Waals surface area (Å²) in [4.78, 5) is 8.46. The second kappa shape index (κ2) is 3.59. The number of nitrogen functional groups attached to an aromatic ring is 1. The van der Waals surface area contributed by atoms with E-state index < -0.39 is 0 Å². The molecule has 0 fully saturated rings. The molecule has 0 amide bonds. The number of nitrogens with two attached hydrogens (primary N) is 1. The molecule has 1 heterocycles. The van der Waals surface area contributed by atoms with Gasteiger partial charge in [-0.15, -0.1) is 0 Å². The van der Waals surface area contributed by atoms with Crippen molar-refractivity contribution in [3.63, 3.8) is 0 Å². The summed E-state index contributed by atoms with van der Waals surface area (Å²) in [7, 11) is 0. The van der Waals surface area contributed by atoms with Gasteiger partial charge in [0.2, 0.25) is 5.95 Å². The maximum absolute atomic E-state index is 5.67. The van der Waals surface area contributed by atoms with Crippen LogP contribution in [0.25, 0.3) is 11.3 Å². The summed E-state index contributed by atoms with van der Waals surface area (Å²) in [5.74, 6) is 0.357. The number of aryl methyl sites for hydroxylation is 2. The van der Waals surface area contributed by atoms with E-state index >= 15 is 0 Å². The fourth-order valence-electron chi connectivity index (χ4n) is 2.28. The molecule has 2 aromatic rings. The molecule has 0 bridgehead atoms. The summed E-state index contributed by atoms with van der Waals surface area (Å²) in [6.07, 6.45) is 5.15. The van der Waals surface area contributed by atoms with Gasteiger partial charge >= 0.3 is 0 Å². The van der Waals surface area contributed by atoms with Gasteiger partial charge < -0.3 is 5.73 Å². The van der Waals surface area contributed by atoms with Crippen LogP contribution in [0.2, 0.25) is 0 Å². The van der Waals surface area contributed by atoms with Crippen LogP contribution in [0.3, 0.4) is 0 Å². The van der Waals surface area contributed by atoms with Crippen molar-refractivity contribution >= 4 is 5.95 Å². The van der Waals surface area contributed by atoms with Crippen LogP contribution in [0.1, 0.15) is 17.5 Å². The van der Waals surface area contributed by atoms with Gasteiger partial charge in [0.1, 0.15) is 0 Å². The van der Waals surface area contributed by atoms with Gasteiger partial charge in [-0.2, -0.15) is 0 Å². The lowest BCUT2D eigenvalue weighted by Gasteiger charge is -2.07. The van der Waals surface area contributed by atoms with E-state index in [9.17, 15) is 0 Å². The van der Waals surface area contributed by atoms with Crippen LogP contribution in [0.15, 0.2) is 30.5 Å². The molecular weight excluding hydrogens is 198 g/mol. The van der Waals surface area contributed by atoms with Crippen molar-refractivity contribution in [2.24, 2.45) is 0 Å². The normalized spacial score (nSPS) is 13.8. The Kier molecular flexibility index (Phi) is 2.10. The summed E-state index contributed by atoms with van der Waals surface area (Å²) < 4.78 is 0. The molecule has 0 aliphatic heterocycles. The van der Waals surface area contributed by atoms with E-state index in [1.165, 1.54) is 16.7 Å². The van der Waals surface area contributed by atoms with Gasteiger partial charge in [-0.05, 0) is 30.4 Å². The first-order valence-electron chi connectivity index (χ1n) is 5.54. The average Bonchev–Trinajstić information content (AvgIpc) is 2.48. The van der Waals surface area contributed by atoms with Crippen LogP contribution in [-0.4, -0.2) is 9.97 Å². The monoisotopic (exact) mass is 211 g/mol. The number of fused-ring (bicyclic) bond motifs is 3. The van der Waals surface area contributed by atoms with Gasteiger partial charge in [0, 0.05) is 11.8 Å². The Balaban J connectivity index is 2.28. The van der Waals surface area contributed by atoms with Gasteiger partial charge in [-0.3, -0.25) is 0 Å². The standard InChI is InChI=1S/C13H13N3/c14-13-15-8-10-6-3-5-9-4-1-2-7-11(9)12(10)16-13/h1-2,4,7-8H,3,5-6H2,(H2,14,15,16). The van der Waals surface area contributed by atoms with Gasteiger partial charge in [-0.1, -0.05) is 24.3 Å². The topological polar surface area (TPSA) is 51.8 Å². The van der Waals surface area contributed by atoms with E-state index in [-0.39, 0.29) is 0 Å². The summed E-state index contributed by atoms with van der Waals surface area (Å²) in [6.45, 7) is 0. The van der Waals surface area contributed by atoms with E-state index in [0.717, 1.165) is 25.0 Å². The first-order valence-corrected chi connectivity index (χ1v) is 5.54. The number of rotatable bonds is 0. The van der Waals surface area contributed by atoms with E-state index in [4.69, 9.17) is 5.73 Å². The Morgan fingerprint density at radius 2 is 1.88 bits per heavy atom. The molecule has 1 aromatic carbocycles. The lowest BCUT2D eigenvalue weighted by atomic mass is 10.0. The Morgan fingerprint density at radius 3 is 2.81 bits per heavy atom. The van der Waals surface area contributed by atoms with E-state index in [2.05, 4.69) is 28.2 Å². The van der Waals surface area contributed by atoms with Crippen molar-refractivity contribution in [2.45, 2.75) is 19.3 Å². The van der Waals surface area contributed by atoms with Gasteiger partial charge in [0.15, 0.2) is 0 Å². The summed E-state index contributed by atoms with van der Waals surface area (Å²) in [5, 5.41) is 0. The highest BCUT2D eigenvalue weighted by molar-refractivity contribution is 5.68. The molecule has 3 heteroatoms. The molecule has 1 aliphatic rings. The molecule has 16 heavy (non-hydrogen) atoms. The minimum absolute atomic E-state index is 0.357. The number of anilines is 1. The minimum Gasteiger partial charge on any atom is -0.368 e. The molecule has 1 aliphatic carbocycles. The molecule has 3 rings (SSSR count). The van der Waals surface area contributed by atoms with E-state index in [1.807, 2.05) is 12.3 Å². The van der Waals surface area contributed by atoms with E-state index in [0.29, 0.717) is 5.95 Å². The third-order valence-electron chi connectivity index (χ3n) is 3.05. The summed E-state index contributed by atoms with van der Waals surface area (Å²) in [5.41, 5.74) is 10.5. The zero-order valence-electron chi connectivity index (χ0n) is 8.98. The lowest BCUT2D eigenvalue weighted by molar-refractivity contribution is 0.829. The van der Waals surface area contributed by atoms with Crippen molar-refractivity contribution < 1.29 is 0 Å². The van der Waals surface area contributed by atoms with Crippen molar-refractivity contribution in [3.05, 3.63) is 41.6 Å². The van der Waals surface area contributed by atoms with Crippen LogP contribution in [0, 0.1) is 0 Å². The molecule has 0 unspecified atom stereocenters. The average molecular weight is 211 g/mol. The molecule has 1 aromatic heterocycles. The molecule has 3 nitrogen and oxygen atoms in total. The SMILES string of the molecule is Nc1ncc2c(n1)-c1ccccc1CCC2. The van der Waals surface area contributed by atoms with Crippen LogP contribution in [0.5, 0.6) is 0 Å². The second-order valence-corrected chi connectivity index (χ2v) is 4.11. The van der Waals surface area contributed by atoms with E-state index in [1.54, 1.807) is 0 Å². The highest BCUT2D eigenvalue weighted by Gasteiger charge is 2.15. The Bertz CT molecular complexity index is 534. The molecule has 80 valence electrons. The quantitative estimate of drug-likeness (QED) is 0.727. The van der Waals surface area contributed by atoms with Crippen LogP contribution < -0.4 is 5.73 Å². The van der Waals surface area contributed by atoms with Crippen LogP contribution >= 0.6 is 0 Å². The highest BCUT2D eigenvalue weighted by Crippen LogP contribution is 2.30. The van der Waals surface area contributed by atoms with Crippen molar-refractivity contribution in [2.75, 3.05) is 5.73 Å². The molecule has 0 atom stereocenters. The Hall–Kier alpha value is -1.90. The number of nitrogens with zero attached hydrogens (tertiary/aromatic N) is 2. The summed E-state index contributed by atoms with van der Waals surface area (Å²) >= 11 is 0. The van der Waals surface area contributed by atoms with Crippen molar-refractivity contribution in [1.29, 1.82) is 0 Å². The predicted octanol–water partition coefficient (Wildman–Crippen LogP) is 2.21. The molecular formula is C13H13N3. The third-order valence-corrected chi connectivity index (χ3v) is 3.05. The zero-order chi connectivity index (χ0) is 11.0. The number of aromatic nitrogens is 2. The molecule has 0 saturated heterocycles. The number of benzene rings is 1. The Morgan fingerprint density at radius 1 is 1.06 bits per heavy atom. The number of hydrogen-bond donors (Lipinski definition) is 1. The molecule has 0 saturated carbocycles. The summed E-state index contributed by atoms with van der Waals surface area (Å²) in [6, 6.07) is 8.41.